The molecule has 10 nitrogen and oxygen atoms in total. The van der Waals surface area contributed by atoms with Gasteiger partial charge in [0.05, 0.1) is 0 Å². The van der Waals surface area contributed by atoms with Crippen molar-refractivity contribution in [3.8, 4) is 0 Å². The number of hydrogen-bond donors (Lipinski definition) is 1. The van der Waals surface area contributed by atoms with Crippen LogP contribution >= 0.6 is 11.3 Å². The van der Waals surface area contributed by atoms with E-state index in [0.717, 1.165) is 37.7 Å². The molecule has 1 aromatic carbocycles. The van der Waals surface area contributed by atoms with Crippen LogP contribution in [0.25, 0.3) is 0 Å². The fourth-order valence-electron chi connectivity index (χ4n) is 6.45. The van der Waals surface area contributed by atoms with Crippen LogP contribution in [0.5, 0.6) is 0 Å². The van der Waals surface area contributed by atoms with E-state index >= 15 is 0 Å². The number of Topliss-reactive ketones (excluding diaryl/α,β-unsaturated/α-hetero) is 1. The SMILES string of the molecule is CCC[C@H](Cc1ccccc1)NC(=O)c1csc([C@@H](C[C@H](C(C)C)N(C)C(=O)[C@@H](CC(=O)[C@@H](CC)C(C)C)[C@@H](C)CC)OC(C)=O)n1.O=C=O. The number of carbonyl (C=O) groups is 4. The molecule has 50 heavy (non-hydrogen) atoms. The molecular formula is C39H59N3O7S. The minimum absolute atomic E-state index is 0.0323. The summed E-state index contributed by atoms with van der Waals surface area (Å²) in [6.45, 7) is 17.8. The third-order valence-corrected chi connectivity index (χ3v) is 10.4. The molecule has 2 amide bonds. The predicted molar refractivity (Wildman–Crippen MR) is 195 cm³/mol. The van der Waals surface area contributed by atoms with E-state index in [9.17, 15) is 19.2 Å². The molecule has 1 heterocycles. The Labute approximate surface area is 303 Å². The molecule has 0 unspecified atom stereocenters. The van der Waals surface area contributed by atoms with Crippen molar-refractivity contribution in [1.82, 2.24) is 15.2 Å². The molecule has 0 aliphatic rings. The van der Waals surface area contributed by atoms with Gasteiger partial charge >= 0.3 is 12.1 Å². The van der Waals surface area contributed by atoms with Crippen LogP contribution in [0.15, 0.2) is 35.7 Å². The Bertz CT molecular complexity index is 1370. The Hall–Kier alpha value is -3.69. The maximum atomic E-state index is 14.1. The molecule has 6 atom stereocenters. The van der Waals surface area contributed by atoms with E-state index in [-0.39, 0.29) is 71.6 Å². The second-order valence-corrected chi connectivity index (χ2v) is 14.7. The van der Waals surface area contributed by atoms with Crippen molar-refractivity contribution in [3.05, 3.63) is 52.0 Å². The van der Waals surface area contributed by atoms with Gasteiger partial charge in [-0.05, 0) is 42.6 Å². The van der Waals surface area contributed by atoms with Crippen molar-refractivity contribution in [2.45, 2.75) is 125 Å². The van der Waals surface area contributed by atoms with Crippen LogP contribution in [-0.4, -0.2) is 58.7 Å². The first-order valence-corrected chi connectivity index (χ1v) is 18.8. The van der Waals surface area contributed by atoms with Crippen molar-refractivity contribution in [2.75, 3.05) is 7.05 Å². The van der Waals surface area contributed by atoms with Crippen molar-refractivity contribution < 1.29 is 33.5 Å². The Morgan fingerprint density at radius 1 is 0.940 bits per heavy atom. The number of benzene rings is 1. The number of rotatable bonds is 20. The molecule has 0 saturated carbocycles. The lowest BCUT2D eigenvalue weighted by atomic mass is 9.79. The van der Waals surface area contributed by atoms with E-state index in [1.54, 1.807) is 17.3 Å². The van der Waals surface area contributed by atoms with Gasteiger partial charge in [-0.3, -0.25) is 19.2 Å². The summed E-state index contributed by atoms with van der Waals surface area (Å²) in [5.74, 6) is -0.846. The molecule has 1 aromatic heterocycles. The normalized spacial score (nSPS) is 14.6. The fraction of sp³-hybridized carbons (Fsp3) is 0.641. The quantitative estimate of drug-likeness (QED) is 0.139. The maximum absolute atomic E-state index is 14.1. The van der Waals surface area contributed by atoms with Gasteiger partial charge in [0, 0.05) is 56.1 Å². The first-order chi connectivity index (χ1) is 23.6. The molecule has 0 spiro atoms. The van der Waals surface area contributed by atoms with Crippen LogP contribution < -0.4 is 5.32 Å². The lowest BCUT2D eigenvalue weighted by Gasteiger charge is -2.37. The summed E-state index contributed by atoms with van der Waals surface area (Å²) in [6.07, 6.45) is 4.10. The highest BCUT2D eigenvalue weighted by Crippen LogP contribution is 2.33. The number of aromatic nitrogens is 1. The van der Waals surface area contributed by atoms with E-state index in [1.165, 1.54) is 18.3 Å². The molecule has 0 bridgehead atoms. The standard InChI is InChI=1S/C38H59N3O5S.CO2/c1-11-17-29(20-28-18-15-14-16-19-28)39-36(44)32-23-47-37(40-32)35(46-27(9)42)22-33(25(6)7)41(10)38(45)31(26(8)12-2)21-34(43)30(13-3)24(4)5;2-1-3/h14-16,18-19,23-26,29-31,33,35H,11-13,17,20-22H2,1-10H3,(H,39,44);/t26-,29+,30-,31-,33+,35+;/m0./s1. The Morgan fingerprint density at radius 3 is 2.06 bits per heavy atom. The summed E-state index contributed by atoms with van der Waals surface area (Å²) in [5.41, 5.74) is 1.44. The van der Waals surface area contributed by atoms with Crippen LogP contribution in [-0.2, 0) is 35.1 Å². The minimum Gasteiger partial charge on any atom is -0.455 e. The molecule has 2 rings (SSSR count). The largest absolute Gasteiger partial charge is 0.455 e. The van der Waals surface area contributed by atoms with Gasteiger partial charge in [-0.2, -0.15) is 9.59 Å². The van der Waals surface area contributed by atoms with Crippen molar-refractivity contribution in [3.63, 3.8) is 0 Å². The lowest BCUT2D eigenvalue weighted by molar-refractivity contribution is -0.191. The molecular weight excluding hydrogens is 655 g/mol. The third-order valence-electron chi connectivity index (χ3n) is 9.43. The zero-order valence-corrected chi connectivity index (χ0v) is 32.5. The number of hydrogen-bond acceptors (Lipinski definition) is 9. The molecule has 0 aliphatic heterocycles. The highest BCUT2D eigenvalue weighted by atomic mass is 32.1. The van der Waals surface area contributed by atoms with Crippen LogP contribution in [0, 0.1) is 29.6 Å². The topological polar surface area (TPSA) is 140 Å². The van der Waals surface area contributed by atoms with Gasteiger partial charge in [-0.1, -0.05) is 98.6 Å². The van der Waals surface area contributed by atoms with Gasteiger partial charge in [0.25, 0.3) is 5.91 Å². The van der Waals surface area contributed by atoms with Gasteiger partial charge in [-0.15, -0.1) is 11.3 Å². The van der Waals surface area contributed by atoms with Crippen LogP contribution in [0.4, 0.5) is 0 Å². The highest BCUT2D eigenvalue weighted by Gasteiger charge is 2.37. The second-order valence-electron chi connectivity index (χ2n) is 13.8. The minimum atomic E-state index is -0.730. The van der Waals surface area contributed by atoms with Gasteiger partial charge in [0.15, 0.2) is 6.10 Å². The summed E-state index contributed by atoms with van der Waals surface area (Å²) < 4.78 is 5.79. The molecule has 0 aliphatic carbocycles. The van der Waals surface area contributed by atoms with Gasteiger partial charge in [0.2, 0.25) is 5.91 Å². The van der Waals surface area contributed by atoms with Crippen molar-refractivity contribution in [1.29, 1.82) is 0 Å². The molecule has 278 valence electrons. The lowest BCUT2D eigenvalue weighted by Crippen LogP contribution is -2.46. The molecule has 0 fully saturated rings. The molecule has 1 N–H and O–H groups in total. The number of nitrogens with zero attached hydrogens (tertiary/aromatic N) is 2. The van der Waals surface area contributed by atoms with Crippen LogP contribution in [0.3, 0.4) is 0 Å². The molecule has 0 saturated heterocycles. The second kappa shape index (κ2) is 22.9. The number of esters is 1. The molecule has 0 radical (unpaired) electrons. The molecule has 11 heteroatoms. The zero-order valence-electron chi connectivity index (χ0n) is 31.7. The number of ether oxygens (including phenoxy) is 1. The first-order valence-electron chi connectivity index (χ1n) is 17.9. The Morgan fingerprint density at radius 2 is 1.56 bits per heavy atom. The van der Waals surface area contributed by atoms with Crippen molar-refractivity contribution >= 4 is 41.1 Å². The number of carbonyl (C=O) groups excluding carboxylic acids is 6. The smallest absolute Gasteiger partial charge is 0.373 e. The maximum Gasteiger partial charge on any atom is 0.373 e. The number of nitrogens with one attached hydrogen (secondary N) is 1. The summed E-state index contributed by atoms with van der Waals surface area (Å²) in [4.78, 5) is 75.7. The predicted octanol–water partition coefficient (Wildman–Crippen LogP) is 7.48. The van der Waals surface area contributed by atoms with E-state index < -0.39 is 18.0 Å². The van der Waals surface area contributed by atoms with Gasteiger partial charge < -0.3 is 15.0 Å². The number of ketones is 1. The Kier molecular flexibility index (Phi) is 20.3. The van der Waals surface area contributed by atoms with Gasteiger partial charge in [-0.25, -0.2) is 4.98 Å². The molecule has 2 aromatic rings. The number of amides is 2. The summed E-state index contributed by atoms with van der Waals surface area (Å²) in [6, 6.07) is 9.76. The van der Waals surface area contributed by atoms with Crippen LogP contribution in [0.2, 0.25) is 0 Å². The van der Waals surface area contributed by atoms with E-state index in [1.807, 2.05) is 52.8 Å². The number of thiazole rings is 1. The van der Waals surface area contributed by atoms with E-state index in [0.29, 0.717) is 11.4 Å². The van der Waals surface area contributed by atoms with E-state index in [4.69, 9.17) is 14.3 Å². The zero-order chi connectivity index (χ0) is 38.0. The summed E-state index contributed by atoms with van der Waals surface area (Å²) in [7, 11) is 1.79. The average Bonchev–Trinajstić information content (AvgIpc) is 3.56. The van der Waals surface area contributed by atoms with Crippen LogP contribution in [0.1, 0.15) is 128 Å². The fourth-order valence-corrected chi connectivity index (χ4v) is 7.29. The van der Waals surface area contributed by atoms with Gasteiger partial charge in [0.1, 0.15) is 16.5 Å². The third kappa shape index (κ3) is 14.3. The summed E-state index contributed by atoms with van der Waals surface area (Å²) in [5, 5.41) is 5.37. The highest BCUT2D eigenvalue weighted by molar-refractivity contribution is 7.09. The Balaban J connectivity index is 0.00000401. The van der Waals surface area contributed by atoms with E-state index in [2.05, 4.69) is 43.2 Å². The monoisotopic (exact) mass is 713 g/mol. The summed E-state index contributed by atoms with van der Waals surface area (Å²) >= 11 is 1.28. The average molecular weight is 714 g/mol. The van der Waals surface area contributed by atoms with Crippen molar-refractivity contribution in [2.24, 2.45) is 29.6 Å². The first kappa shape index (κ1) is 44.3.